The van der Waals surface area contributed by atoms with Gasteiger partial charge in [-0.05, 0) is 31.0 Å². The van der Waals surface area contributed by atoms with Crippen LogP contribution in [0.4, 0.5) is 0 Å². The summed E-state index contributed by atoms with van der Waals surface area (Å²) in [4.78, 5) is 4.46. The normalized spacial score (nSPS) is 15.6. The molecule has 2 atom stereocenters. The van der Waals surface area contributed by atoms with Crippen molar-refractivity contribution in [1.29, 1.82) is 0 Å². The summed E-state index contributed by atoms with van der Waals surface area (Å²) in [6, 6.07) is 15.9. The van der Waals surface area contributed by atoms with E-state index in [2.05, 4.69) is 24.1 Å². The van der Waals surface area contributed by atoms with Gasteiger partial charge in [-0.25, -0.2) is 0 Å². The molecule has 0 bridgehead atoms. The Kier molecular flexibility index (Phi) is 4.88. The maximum Gasteiger partial charge on any atom is 0.0626 e. The lowest BCUT2D eigenvalue weighted by Crippen LogP contribution is -2.43. The van der Waals surface area contributed by atoms with Crippen molar-refractivity contribution in [1.82, 2.24) is 10.3 Å². The molecular weight excluding hydrogens is 248 g/mol. The molecule has 0 saturated carbocycles. The Bertz CT molecular complexity index is 515. The van der Waals surface area contributed by atoms with E-state index in [9.17, 15) is 5.11 Å². The molecule has 0 aliphatic carbocycles. The lowest BCUT2D eigenvalue weighted by Gasteiger charge is -2.33. The Morgan fingerprint density at radius 1 is 1.15 bits per heavy atom. The summed E-state index contributed by atoms with van der Waals surface area (Å²) < 4.78 is 0. The van der Waals surface area contributed by atoms with Gasteiger partial charge in [0.25, 0.3) is 0 Å². The van der Waals surface area contributed by atoms with Crippen molar-refractivity contribution >= 4 is 0 Å². The zero-order valence-corrected chi connectivity index (χ0v) is 12.1. The van der Waals surface area contributed by atoms with E-state index in [1.54, 1.807) is 6.20 Å². The molecule has 0 aliphatic heterocycles. The highest BCUT2D eigenvalue weighted by molar-refractivity contribution is 5.22. The van der Waals surface area contributed by atoms with Crippen LogP contribution in [0.5, 0.6) is 0 Å². The monoisotopic (exact) mass is 270 g/mol. The van der Waals surface area contributed by atoms with E-state index in [4.69, 9.17) is 0 Å². The lowest BCUT2D eigenvalue weighted by atomic mass is 9.91. The quantitative estimate of drug-likeness (QED) is 0.848. The molecule has 106 valence electrons. The molecule has 2 N–H and O–H groups in total. The van der Waals surface area contributed by atoms with E-state index in [1.165, 1.54) is 0 Å². The third-order valence-corrected chi connectivity index (χ3v) is 3.81. The summed E-state index contributed by atoms with van der Waals surface area (Å²) in [6.07, 6.45) is 2.70. The SMILES string of the molecule is CC[C@](C)(N[C@H](CO)c1ccccc1)c1ccccn1. The molecule has 0 aliphatic rings. The van der Waals surface area contributed by atoms with Gasteiger partial charge in [0.1, 0.15) is 0 Å². The van der Waals surface area contributed by atoms with Gasteiger partial charge in [0.15, 0.2) is 0 Å². The minimum absolute atomic E-state index is 0.0619. The number of benzene rings is 1. The van der Waals surface area contributed by atoms with E-state index in [1.807, 2.05) is 48.5 Å². The molecule has 0 unspecified atom stereocenters. The Hall–Kier alpha value is -1.71. The van der Waals surface area contributed by atoms with Gasteiger partial charge in [-0.15, -0.1) is 0 Å². The van der Waals surface area contributed by atoms with E-state index in [0.29, 0.717) is 0 Å². The van der Waals surface area contributed by atoms with Crippen LogP contribution in [-0.4, -0.2) is 16.7 Å². The number of hydrogen-bond donors (Lipinski definition) is 2. The van der Waals surface area contributed by atoms with Crippen molar-refractivity contribution in [3.05, 3.63) is 66.0 Å². The highest BCUT2D eigenvalue weighted by atomic mass is 16.3. The molecule has 3 nitrogen and oxygen atoms in total. The van der Waals surface area contributed by atoms with Crippen LogP contribution in [0, 0.1) is 0 Å². The summed E-state index contributed by atoms with van der Waals surface area (Å²) in [5.74, 6) is 0. The lowest BCUT2D eigenvalue weighted by molar-refractivity contribution is 0.199. The molecule has 0 amide bonds. The fourth-order valence-corrected chi connectivity index (χ4v) is 2.35. The van der Waals surface area contributed by atoms with Crippen LogP contribution in [0.1, 0.15) is 37.6 Å². The first kappa shape index (κ1) is 14.7. The number of rotatable bonds is 6. The van der Waals surface area contributed by atoms with Crippen LogP contribution in [0.15, 0.2) is 54.7 Å². The molecule has 1 heterocycles. The topological polar surface area (TPSA) is 45.1 Å². The number of aromatic nitrogens is 1. The predicted octanol–water partition coefficient (Wildman–Crippen LogP) is 3.03. The Morgan fingerprint density at radius 3 is 2.40 bits per heavy atom. The van der Waals surface area contributed by atoms with Crippen molar-refractivity contribution < 1.29 is 5.11 Å². The second-order valence-electron chi connectivity index (χ2n) is 5.19. The zero-order valence-electron chi connectivity index (χ0n) is 12.1. The van der Waals surface area contributed by atoms with E-state index >= 15 is 0 Å². The average molecular weight is 270 g/mol. The Labute approximate surface area is 120 Å². The van der Waals surface area contributed by atoms with Gasteiger partial charge in [-0.1, -0.05) is 43.3 Å². The van der Waals surface area contributed by atoms with Gasteiger partial charge in [-0.2, -0.15) is 0 Å². The van der Waals surface area contributed by atoms with E-state index in [0.717, 1.165) is 17.7 Å². The summed E-state index contributed by atoms with van der Waals surface area (Å²) in [5, 5.41) is 13.3. The van der Waals surface area contributed by atoms with Crippen molar-refractivity contribution in [2.45, 2.75) is 31.8 Å². The Balaban J connectivity index is 2.24. The van der Waals surface area contributed by atoms with Crippen LogP contribution >= 0.6 is 0 Å². The van der Waals surface area contributed by atoms with Gasteiger partial charge < -0.3 is 5.11 Å². The first-order valence-corrected chi connectivity index (χ1v) is 7.04. The number of hydrogen-bond acceptors (Lipinski definition) is 3. The zero-order chi connectivity index (χ0) is 14.4. The molecule has 2 aromatic rings. The summed E-state index contributed by atoms with van der Waals surface area (Å²) in [7, 11) is 0. The summed E-state index contributed by atoms with van der Waals surface area (Å²) in [6.45, 7) is 4.31. The number of pyridine rings is 1. The first-order valence-electron chi connectivity index (χ1n) is 7.04. The van der Waals surface area contributed by atoms with Gasteiger partial charge in [0, 0.05) is 6.20 Å². The smallest absolute Gasteiger partial charge is 0.0626 e. The molecule has 1 aromatic heterocycles. The standard InChI is InChI=1S/C17H22N2O/c1-3-17(2,16-11-7-8-12-18-16)19-15(13-20)14-9-5-4-6-10-14/h4-12,15,19-20H,3,13H2,1-2H3/t15-,17+/m1/s1. The fourth-order valence-electron chi connectivity index (χ4n) is 2.35. The molecule has 0 radical (unpaired) electrons. The fraction of sp³-hybridized carbons (Fsp3) is 0.353. The molecular formula is C17H22N2O. The third-order valence-electron chi connectivity index (χ3n) is 3.81. The van der Waals surface area contributed by atoms with Crippen molar-refractivity contribution in [2.24, 2.45) is 0 Å². The molecule has 3 heteroatoms. The van der Waals surface area contributed by atoms with Gasteiger partial charge in [-0.3, -0.25) is 10.3 Å². The molecule has 0 saturated heterocycles. The minimum atomic E-state index is -0.259. The highest BCUT2D eigenvalue weighted by Crippen LogP contribution is 2.26. The van der Waals surface area contributed by atoms with Crippen molar-refractivity contribution in [3.63, 3.8) is 0 Å². The largest absolute Gasteiger partial charge is 0.394 e. The predicted molar refractivity (Wildman–Crippen MR) is 81.3 cm³/mol. The van der Waals surface area contributed by atoms with E-state index < -0.39 is 0 Å². The van der Waals surface area contributed by atoms with Crippen LogP contribution in [-0.2, 0) is 5.54 Å². The van der Waals surface area contributed by atoms with Gasteiger partial charge >= 0.3 is 0 Å². The van der Waals surface area contributed by atoms with Gasteiger partial charge in [0.2, 0.25) is 0 Å². The number of aliphatic hydroxyl groups excluding tert-OH is 1. The maximum absolute atomic E-state index is 9.70. The number of aliphatic hydroxyl groups is 1. The summed E-state index contributed by atoms with van der Waals surface area (Å²) in [5.41, 5.74) is 1.83. The molecule has 0 fully saturated rings. The molecule has 1 aromatic carbocycles. The second-order valence-corrected chi connectivity index (χ2v) is 5.19. The second kappa shape index (κ2) is 6.64. The first-order chi connectivity index (χ1) is 9.69. The average Bonchev–Trinajstić information content (AvgIpc) is 2.54. The molecule has 2 rings (SSSR count). The number of nitrogens with zero attached hydrogens (tertiary/aromatic N) is 1. The van der Waals surface area contributed by atoms with Crippen LogP contribution in [0.25, 0.3) is 0 Å². The van der Waals surface area contributed by atoms with Crippen LogP contribution < -0.4 is 5.32 Å². The van der Waals surface area contributed by atoms with Crippen LogP contribution in [0.2, 0.25) is 0 Å². The van der Waals surface area contributed by atoms with Crippen molar-refractivity contribution in [2.75, 3.05) is 6.61 Å². The minimum Gasteiger partial charge on any atom is -0.394 e. The molecule has 20 heavy (non-hydrogen) atoms. The highest BCUT2D eigenvalue weighted by Gasteiger charge is 2.28. The summed E-state index contributed by atoms with van der Waals surface area (Å²) >= 11 is 0. The van der Waals surface area contributed by atoms with Crippen LogP contribution in [0.3, 0.4) is 0 Å². The maximum atomic E-state index is 9.70. The van der Waals surface area contributed by atoms with E-state index in [-0.39, 0.29) is 18.2 Å². The molecule has 0 spiro atoms. The third kappa shape index (κ3) is 3.24. The van der Waals surface area contributed by atoms with Crippen molar-refractivity contribution in [3.8, 4) is 0 Å². The van der Waals surface area contributed by atoms with Gasteiger partial charge in [0.05, 0.1) is 23.9 Å². The Morgan fingerprint density at radius 2 is 1.85 bits per heavy atom. The number of nitrogens with one attached hydrogen (secondary N) is 1.